The van der Waals surface area contributed by atoms with Crippen molar-refractivity contribution in [3.05, 3.63) is 41.5 Å². The summed E-state index contributed by atoms with van der Waals surface area (Å²) in [6, 6.07) is 6.75. The van der Waals surface area contributed by atoms with Gasteiger partial charge < -0.3 is 9.84 Å². The minimum Gasteiger partial charge on any atom is -0.496 e. The third-order valence-corrected chi connectivity index (χ3v) is 4.24. The Morgan fingerprint density at radius 3 is 2.44 bits per heavy atom. The lowest BCUT2D eigenvalue weighted by atomic mass is 9.98. The van der Waals surface area contributed by atoms with Gasteiger partial charge in [0.25, 0.3) is 0 Å². The standard InChI is InChI=1S/C16H14F3NO4S/c1-20(8-13(21)22)15(25-23)11-5-3-4-10-9(11)6-7-12(24-2)14(10)16(17,18)19/h3-7H,8H2,1-2H3,(H,21,22). The van der Waals surface area contributed by atoms with Gasteiger partial charge in [0.05, 0.1) is 7.11 Å². The summed E-state index contributed by atoms with van der Waals surface area (Å²) >= 11 is 0.0280. The summed E-state index contributed by atoms with van der Waals surface area (Å²) in [6.45, 7) is -0.455. The van der Waals surface area contributed by atoms with E-state index in [0.29, 0.717) is 0 Å². The van der Waals surface area contributed by atoms with E-state index in [1.807, 2.05) is 0 Å². The number of methoxy groups -OCH3 is 1. The summed E-state index contributed by atoms with van der Waals surface area (Å²) in [5.74, 6) is -1.49. The van der Waals surface area contributed by atoms with Crippen molar-refractivity contribution >= 4 is 33.0 Å². The first-order valence-corrected chi connectivity index (χ1v) is 7.71. The van der Waals surface area contributed by atoms with E-state index in [4.69, 9.17) is 9.84 Å². The van der Waals surface area contributed by atoms with Gasteiger partial charge in [0.2, 0.25) is 0 Å². The monoisotopic (exact) mass is 373 g/mol. The number of aliphatic carboxylic acids is 1. The molecule has 2 aromatic carbocycles. The fourth-order valence-corrected chi connectivity index (χ4v) is 3.04. The van der Waals surface area contributed by atoms with E-state index in [-0.39, 0.29) is 38.3 Å². The average Bonchev–Trinajstić information content (AvgIpc) is 2.52. The molecule has 25 heavy (non-hydrogen) atoms. The minimum atomic E-state index is -4.65. The lowest BCUT2D eigenvalue weighted by Gasteiger charge is -2.19. The molecule has 0 atom stereocenters. The molecule has 0 amide bonds. The van der Waals surface area contributed by atoms with Gasteiger partial charge in [0.1, 0.15) is 34.1 Å². The Balaban J connectivity index is 2.76. The Morgan fingerprint density at radius 1 is 1.24 bits per heavy atom. The zero-order valence-corrected chi connectivity index (χ0v) is 14.1. The lowest BCUT2D eigenvalue weighted by molar-refractivity contribution is -0.138. The summed E-state index contributed by atoms with van der Waals surface area (Å²) < 4.78 is 56.7. The highest BCUT2D eigenvalue weighted by Crippen LogP contribution is 2.41. The SMILES string of the molecule is COc1ccc2c(C(=S=O)N(C)CC(=O)O)cccc2c1C(F)(F)F. The number of carbonyl (C=O) groups is 1. The van der Waals surface area contributed by atoms with Crippen LogP contribution in [0.25, 0.3) is 10.8 Å². The largest absolute Gasteiger partial charge is 0.496 e. The molecule has 9 heteroatoms. The van der Waals surface area contributed by atoms with E-state index in [9.17, 15) is 22.2 Å². The van der Waals surface area contributed by atoms with Gasteiger partial charge in [0, 0.05) is 5.56 Å². The molecule has 0 saturated carbocycles. The fraction of sp³-hybridized carbons (Fsp3) is 0.250. The van der Waals surface area contributed by atoms with E-state index in [0.717, 1.165) is 7.11 Å². The van der Waals surface area contributed by atoms with Crippen LogP contribution in [0.5, 0.6) is 5.75 Å². The Morgan fingerprint density at radius 2 is 1.92 bits per heavy atom. The van der Waals surface area contributed by atoms with Gasteiger partial charge >= 0.3 is 12.1 Å². The number of carboxylic acids is 1. The normalized spacial score (nSPS) is 11.6. The van der Waals surface area contributed by atoms with Crippen LogP contribution in [0.2, 0.25) is 0 Å². The van der Waals surface area contributed by atoms with Crippen LogP contribution in [0.4, 0.5) is 13.2 Å². The van der Waals surface area contributed by atoms with Gasteiger partial charge in [0.15, 0.2) is 0 Å². The smallest absolute Gasteiger partial charge is 0.420 e. The highest BCUT2D eigenvalue weighted by molar-refractivity contribution is 7.66. The van der Waals surface area contributed by atoms with E-state index >= 15 is 0 Å². The molecule has 0 saturated heterocycles. The minimum absolute atomic E-state index is 0.0197. The number of hydrogen-bond donors (Lipinski definition) is 1. The number of alkyl halides is 3. The van der Waals surface area contributed by atoms with Crippen molar-refractivity contribution in [1.29, 1.82) is 0 Å². The molecule has 0 aromatic heterocycles. The van der Waals surface area contributed by atoms with Crippen LogP contribution < -0.4 is 4.74 Å². The quantitative estimate of drug-likeness (QED) is 0.835. The number of fused-ring (bicyclic) bond motifs is 1. The Hall–Kier alpha value is -2.39. The number of likely N-dealkylation sites (N-methyl/N-ethyl adjacent to an activating group) is 1. The molecule has 0 spiro atoms. The summed E-state index contributed by atoms with van der Waals surface area (Å²) in [7, 11) is 2.54. The lowest BCUT2D eigenvalue weighted by Crippen LogP contribution is -2.32. The average molecular weight is 373 g/mol. The maximum atomic E-state index is 13.5. The van der Waals surface area contributed by atoms with Gasteiger partial charge in [-0.3, -0.25) is 9.69 Å². The third kappa shape index (κ3) is 3.83. The molecule has 0 fully saturated rings. The number of nitrogens with zero attached hydrogens (tertiary/aromatic N) is 1. The molecule has 0 aliphatic heterocycles. The van der Waals surface area contributed by atoms with E-state index in [1.165, 1.54) is 42.3 Å². The second-order valence-corrected chi connectivity index (χ2v) is 5.73. The van der Waals surface area contributed by atoms with Crippen LogP contribution >= 0.6 is 0 Å². The molecule has 0 radical (unpaired) electrons. The Kier molecular flexibility index (Phi) is 5.48. The van der Waals surface area contributed by atoms with Crippen molar-refractivity contribution in [1.82, 2.24) is 4.90 Å². The van der Waals surface area contributed by atoms with Crippen molar-refractivity contribution in [2.24, 2.45) is 0 Å². The van der Waals surface area contributed by atoms with Crippen molar-refractivity contribution in [3.8, 4) is 5.75 Å². The van der Waals surface area contributed by atoms with Crippen LogP contribution in [0.15, 0.2) is 30.3 Å². The number of hydrogen-bond acceptors (Lipinski definition) is 3. The number of ether oxygens (including phenoxy) is 1. The van der Waals surface area contributed by atoms with Gasteiger partial charge in [-0.2, -0.15) is 13.2 Å². The summed E-state index contributed by atoms with van der Waals surface area (Å²) in [5, 5.41) is 8.94. The predicted molar refractivity (Wildman–Crippen MR) is 88.0 cm³/mol. The molecule has 1 N–H and O–H groups in total. The van der Waals surface area contributed by atoms with Crippen molar-refractivity contribution in [2.45, 2.75) is 6.18 Å². The maximum Gasteiger partial charge on any atom is 0.420 e. The summed E-state index contributed by atoms with van der Waals surface area (Å²) in [6.07, 6.45) is -4.65. The molecule has 0 bridgehead atoms. The third-order valence-electron chi connectivity index (χ3n) is 3.56. The fourth-order valence-electron chi connectivity index (χ4n) is 2.58. The van der Waals surface area contributed by atoms with Gasteiger partial charge in [-0.1, -0.05) is 18.2 Å². The molecule has 0 unspecified atom stereocenters. The van der Waals surface area contributed by atoms with Crippen molar-refractivity contribution < 1.29 is 32.0 Å². The van der Waals surface area contributed by atoms with E-state index < -0.39 is 24.3 Å². The number of halogens is 3. The van der Waals surface area contributed by atoms with Crippen LogP contribution in [-0.2, 0) is 22.2 Å². The zero-order chi connectivity index (χ0) is 18.8. The number of benzene rings is 2. The first kappa shape index (κ1) is 18.9. The summed E-state index contributed by atoms with van der Waals surface area (Å²) in [5.41, 5.74) is -0.708. The molecule has 5 nitrogen and oxygen atoms in total. The first-order chi connectivity index (χ1) is 11.7. The van der Waals surface area contributed by atoms with Crippen molar-refractivity contribution in [2.75, 3.05) is 20.7 Å². The highest BCUT2D eigenvalue weighted by atomic mass is 32.1. The first-order valence-electron chi connectivity index (χ1n) is 6.97. The van der Waals surface area contributed by atoms with E-state index in [1.54, 1.807) is 0 Å². The van der Waals surface area contributed by atoms with Crippen LogP contribution in [0.3, 0.4) is 0 Å². The second-order valence-electron chi connectivity index (χ2n) is 5.18. The molecule has 2 rings (SSSR count). The highest BCUT2D eigenvalue weighted by Gasteiger charge is 2.36. The van der Waals surface area contributed by atoms with Gasteiger partial charge in [-0.15, -0.1) is 0 Å². The van der Waals surface area contributed by atoms with Crippen LogP contribution in [0.1, 0.15) is 11.1 Å². The number of rotatable bonds is 4. The molecule has 2 aromatic rings. The predicted octanol–water partition coefficient (Wildman–Crippen LogP) is 2.57. The van der Waals surface area contributed by atoms with Gasteiger partial charge in [-0.05, 0) is 30.0 Å². The molecule has 0 heterocycles. The molecule has 0 aliphatic carbocycles. The van der Waals surface area contributed by atoms with E-state index in [2.05, 4.69) is 0 Å². The summed E-state index contributed by atoms with van der Waals surface area (Å²) in [4.78, 5) is 12.1. The van der Waals surface area contributed by atoms with Crippen LogP contribution in [-0.4, -0.2) is 45.9 Å². The van der Waals surface area contributed by atoms with Crippen molar-refractivity contribution in [3.63, 3.8) is 0 Å². The van der Waals surface area contributed by atoms with Crippen LogP contribution in [0, 0.1) is 0 Å². The molecule has 134 valence electrons. The Labute approximate surface area is 144 Å². The topological polar surface area (TPSA) is 66.8 Å². The molecule has 0 aliphatic rings. The zero-order valence-electron chi connectivity index (χ0n) is 13.3. The second kappa shape index (κ2) is 7.24. The molecular weight excluding hydrogens is 359 g/mol. The Bertz CT molecular complexity index is 876. The molecular formula is C16H14F3NO4S. The number of carboxylic acid groups (broad SMARTS) is 1. The van der Waals surface area contributed by atoms with Gasteiger partial charge in [-0.25, -0.2) is 4.21 Å². The maximum absolute atomic E-state index is 13.5.